The van der Waals surface area contributed by atoms with Gasteiger partial charge in [0.15, 0.2) is 0 Å². The predicted octanol–water partition coefficient (Wildman–Crippen LogP) is 17.9. The molecule has 2 atom stereocenters. The summed E-state index contributed by atoms with van der Waals surface area (Å²) in [5.41, 5.74) is 30.7. The zero-order valence-electron chi connectivity index (χ0n) is 58.8. The fraction of sp³-hybridized carbons (Fsp3) is 0.178. The maximum Gasteiger partial charge on any atom is 4.00 e. The van der Waals surface area contributed by atoms with Gasteiger partial charge in [0.2, 0.25) is 0 Å². The average molecular weight is 1440 g/mol. The van der Waals surface area contributed by atoms with E-state index in [1.165, 1.54) is 165 Å². The predicted molar refractivity (Wildman–Crippen MR) is 408 cm³/mol. The monoisotopic (exact) mass is 1440 g/mol. The van der Waals surface area contributed by atoms with Gasteiger partial charge >= 0.3 is 26.2 Å². The largest absolute Gasteiger partial charge is 4.00 e. The quantitative estimate of drug-likeness (QED) is 0.0904. The van der Waals surface area contributed by atoms with Gasteiger partial charge in [-0.2, -0.15) is 0 Å². The number of aryl methyl sites for hydroxylation is 6. The summed E-state index contributed by atoms with van der Waals surface area (Å²) in [5, 5.41) is 8.40. The third-order valence-electron chi connectivity index (χ3n) is 20.6. The number of allylic oxidation sites excluding steroid dienone is 2. The Hall–Kier alpha value is -8.52. The smallest absolute Gasteiger partial charge is 1.00 e. The summed E-state index contributed by atoms with van der Waals surface area (Å²) >= 11 is 0. The summed E-state index contributed by atoms with van der Waals surface area (Å²) in [6, 6.07) is 74.8. The Morgan fingerprint density at radius 3 is 0.899 bits per heavy atom. The van der Waals surface area contributed by atoms with Crippen molar-refractivity contribution in [2.24, 2.45) is 0 Å². The van der Waals surface area contributed by atoms with Crippen LogP contribution in [0.5, 0.6) is 0 Å². The molecule has 0 fully saturated rings. The molecule has 14 aromatic rings. The molecule has 4 heterocycles. The Balaban J connectivity index is 0.000000183. The molecule has 4 nitrogen and oxygen atoms in total. The Morgan fingerprint density at radius 2 is 0.616 bits per heavy atom. The fourth-order valence-corrected chi connectivity index (χ4v) is 19.7. The van der Waals surface area contributed by atoms with Crippen LogP contribution in [0.25, 0.3) is 112 Å². The van der Waals surface area contributed by atoms with Crippen LogP contribution in [0.15, 0.2) is 224 Å². The van der Waals surface area contributed by atoms with Crippen LogP contribution in [0.3, 0.4) is 0 Å². The third kappa shape index (κ3) is 12.1. The minimum atomic E-state index is -0.823. The Labute approximate surface area is 618 Å². The molecule has 10 aromatic carbocycles. The van der Waals surface area contributed by atoms with Crippen LogP contribution in [0.1, 0.15) is 113 Å². The zero-order chi connectivity index (χ0) is 66.5. The van der Waals surface area contributed by atoms with Crippen molar-refractivity contribution in [3.05, 3.63) is 308 Å². The van der Waals surface area contributed by atoms with Crippen LogP contribution in [0.4, 0.5) is 0 Å². The van der Waals surface area contributed by atoms with E-state index in [0.29, 0.717) is 0 Å². The van der Waals surface area contributed by atoms with Crippen molar-refractivity contribution in [3.8, 4) is 67.2 Å². The van der Waals surface area contributed by atoms with Gasteiger partial charge in [0.25, 0.3) is 0 Å². The number of furan rings is 4. The molecule has 2 unspecified atom stereocenters. The van der Waals surface area contributed by atoms with E-state index in [9.17, 15) is 0 Å². The minimum Gasteiger partial charge on any atom is -1.00 e. The molecule has 2 aliphatic rings. The van der Waals surface area contributed by atoms with Crippen LogP contribution in [-0.2, 0) is 26.2 Å². The van der Waals surface area contributed by atoms with E-state index in [4.69, 9.17) is 17.7 Å². The van der Waals surface area contributed by atoms with E-state index in [0.717, 1.165) is 46.1 Å². The minimum absolute atomic E-state index is 0. The molecule has 0 spiro atoms. The van der Waals surface area contributed by atoms with E-state index < -0.39 is 17.6 Å². The van der Waals surface area contributed by atoms with Crippen LogP contribution in [0.2, 0.25) is 26.2 Å². The molecule has 0 amide bonds. The van der Waals surface area contributed by atoms with Gasteiger partial charge in [0.05, 0.1) is 23.0 Å². The van der Waals surface area contributed by atoms with Gasteiger partial charge in [-0.05, 0) is 219 Å². The maximum absolute atomic E-state index is 6.52. The standard InChI is InChI=1S/2C45H40O2Si.2ClH.Zr/c2*1-26-18-21-33-34(40(26)31-14-10-8-11-15-31)24-35(38-22-19-27(2)46-38)42(33)43-36(39-23-20-28(3)47-39)25-37-44(43)41(32-16-12-9-13-17-32)29(4)30(5)45(37)48(6)7;;;/h2*8-25,42H,1-7H3;2*1H;/q2*-1;;;+4/p-2. The molecule has 0 N–H and O–H groups in total. The van der Waals surface area contributed by atoms with E-state index in [1.54, 1.807) is 0 Å². The van der Waals surface area contributed by atoms with Gasteiger partial charge in [-0.1, -0.05) is 205 Å². The molecular formula is C90H80Cl2O4Si2Zr. The van der Waals surface area contributed by atoms with Crippen molar-refractivity contribution in [3.63, 3.8) is 0 Å². The second-order valence-corrected chi connectivity index (χ2v) is 32.2. The number of hydrogen-bond donors (Lipinski definition) is 0. The summed E-state index contributed by atoms with van der Waals surface area (Å²) in [5.74, 6) is 7.21. The summed E-state index contributed by atoms with van der Waals surface area (Å²) < 4.78 is 26.0. The molecule has 0 saturated heterocycles. The molecular weight excluding hydrogens is 1360 g/mol. The molecule has 2 aliphatic carbocycles. The average Bonchev–Trinajstić information content (AvgIpc) is 1.57. The van der Waals surface area contributed by atoms with E-state index >= 15 is 0 Å². The SMILES string of the molecule is Cc1ccc(C2=Cc3c(ccc(C)c3-c3ccccc3)C2c2c(-c3ccc(C)o3)[cH-]c3c([Si](C)C)c(C)c(C)c(-c4ccccc4)c23)o1.Cc1ccc(C2=Cc3c(ccc(C)c3-c3ccccc3)C2c2c(-c3ccc(C)o3)[cH-]c3c([Si](C)C)c(C)c(C)c(-c4ccccc4)c23)o1.[Cl-].[Cl-].[Zr+4]. The fourth-order valence-electron chi connectivity index (χ4n) is 16.3. The van der Waals surface area contributed by atoms with Gasteiger partial charge in [-0.15, -0.1) is 55.2 Å². The molecule has 0 bridgehead atoms. The normalized spacial score (nSPS) is 13.8. The van der Waals surface area contributed by atoms with Gasteiger partial charge in [-0.25, -0.2) is 0 Å². The molecule has 99 heavy (non-hydrogen) atoms. The number of rotatable bonds is 12. The van der Waals surface area contributed by atoms with Crippen LogP contribution >= 0.6 is 0 Å². The molecule has 9 heteroatoms. The van der Waals surface area contributed by atoms with Gasteiger partial charge in [0.1, 0.15) is 23.0 Å². The summed E-state index contributed by atoms with van der Waals surface area (Å²) in [4.78, 5) is 0. The van der Waals surface area contributed by atoms with Gasteiger partial charge in [-0.3, -0.25) is 0 Å². The Morgan fingerprint density at radius 1 is 0.323 bits per heavy atom. The number of hydrogen-bond acceptors (Lipinski definition) is 4. The van der Waals surface area contributed by atoms with Crippen LogP contribution < -0.4 is 35.2 Å². The van der Waals surface area contributed by atoms with E-state index in [-0.39, 0.29) is 62.9 Å². The Bertz CT molecular complexity index is 5080. The van der Waals surface area contributed by atoms with Crippen molar-refractivity contribution in [1.29, 1.82) is 0 Å². The third-order valence-corrected chi connectivity index (χ3v) is 23.9. The number of benzene rings is 8. The molecule has 490 valence electrons. The van der Waals surface area contributed by atoms with E-state index in [2.05, 4.69) is 286 Å². The summed E-state index contributed by atoms with van der Waals surface area (Å²) in [6.07, 6.45) is 4.81. The Kier molecular flexibility index (Phi) is 20.1. The molecule has 2 radical (unpaired) electrons. The summed E-state index contributed by atoms with van der Waals surface area (Å²) in [6.45, 7) is 31.6. The molecule has 0 saturated carbocycles. The zero-order valence-corrected chi connectivity index (χ0v) is 64.8. The van der Waals surface area contributed by atoms with Crippen molar-refractivity contribution < 1.29 is 68.7 Å². The van der Waals surface area contributed by atoms with Crippen molar-refractivity contribution in [2.75, 3.05) is 0 Å². The molecule has 4 aromatic heterocycles. The first kappa shape index (κ1) is 70.3. The van der Waals surface area contributed by atoms with E-state index in [1.807, 2.05) is 27.7 Å². The first-order valence-corrected chi connectivity index (χ1v) is 38.8. The second-order valence-electron chi connectivity index (χ2n) is 27.2. The second kappa shape index (κ2) is 28.2. The summed E-state index contributed by atoms with van der Waals surface area (Å²) in [7, 11) is -1.65. The van der Waals surface area contributed by atoms with Crippen molar-refractivity contribution in [1.82, 2.24) is 0 Å². The molecule has 16 rings (SSSR count). The number of halogens is 2. The number of fused-ring (bicyclic) bond motifs is 4. The first-order valence-electron chi connectivity index (χ1n) is 33.8. The topological polar surface area (TPSA) is 52.6 Å². The maximum atomic E-state index is 6.52. The van der Waals surface area contributed by atoms with Crippen molar-refractivity contribution >= 4 is 72.8 Å². The van der Waals surface area contributed by atoms with Crippen LogP contribution in [0, 0.1) is 69.2 Å². The molecule has 0 aliphatic heterocycles. The first-order chi connectivity index (χ1) is 46.4. The van der Waals surface area contributed by atoms with Crippen LogP contribution in [-0.4, -0.2) is 17.6 Å². The van der Waals surface area contributed by atoms with Gasteiger partial charge < -0.3 is 42.5 Å². The van der Waals surface area contributed by atoms with Gasteiger partial charge in [0, 0.05) is 29.4 Å². The van der Waals surface area contributed by atoms with Crippen molar-refractivity contribution in [2.45, 2.75) is 107 Å².